The first kappa shape index (κ1) is 19.8. The predicted octanol–water partition coefficient (Wildman–Crippen LogP) is 2.78. The lowest BCUT2D eigenvalue weighted by molar-refractivity contribution is 0.219. The number of ether oxygens (including phenoxy) is 2. The van der Waals surface area contributed by atoms with E-state index >= 15 is 0 Å². The first-order valence-electron chi connectivity index (χ1n) is 6.93. The highest BCUT2D eigenvalue weighted by Gasteiger charge is 2.08. The number of guanidine groups is 1. The third kappa shape index (κ3) is 7.40. The molecule has 0 radical (unpaired) electrons. The molecule has 0 aliphatic rings. The fourth-order valence-electron chi connectivity index (χ4n) is 1.60. The maximum absolute atomic E-state index is 5.81. The minimum absolute atomic E-state index is 0. The van der Waals surface area contributed by atoms with Crippen LogP contribution in [0.2, 0.25) is 0 Å². The minimum Gasteiger partial charge on any atom is -0.493 e. The zero-order chi connectivity index (χ0) is 15.0. The van der Waals surface area contributed by atoms with Crippen molar-refractivity contribution in [2.75, 3.05) is 13.7 Å². The van der Waals surface area contributed by atoms with Crippen molar-refractivity contribution in [3.8, 4) is 11.5 Å². The lowest BCUT2D eigenvalue weighted by atomic mass is 10.3. The highest BCUT2D eigenvalue weighted by atomic mass is 127. The Bertz CT molecular complexity index is 441. The van der Waals surface area contributed by atoms with Crippen molar-refractivity contribution < 1.29 is 9.47 Å². The number of para-hydroxylation sites is 2. The summed E-state index contributed by atoms with van der Waals surface area (Å²) in [6.45, 7) is 6.61. The van der Waals surface area contributed by atoms with Crippen LogP contribution in [-0.4, -0.2) is 31.8 Å². The minimum atomic E-state index is -0.0800. The molecule has 0 amide bonds. The van der Waals surface area contributed by atoms with Crippen LogP contribution in [0.1, 0.15) is 27.2 Å². The molecular weight excluding hydrogens is 381 g/mol. The highest BCUT2D eigenvalue weighted by Crippen LogP contribution is 2.26. The molecule has 2 atom stereocenters. The lowest BCUT2D eigenvalue weighted by Crippen LogP contribution is -2.38. The number of benzene rings is 1. The number of nitrogens with one attached hydrogen (secondary N) is 1. The van der Waals surface area contributed by atoms with Gasteiger partial charge in [0.15, 0.2) is 17.5 Å². The van der Waals surface area contributed by atoms with E-state index in [-0.39, 0.29) is 30.1 Å². The zero-order valence-corrected chi connectivity index (χ0v) is 15.5. The van der Waals surface area contributed by atoms with Gasteiger partial charge in [0.1, 0.15) is 6.10 Å². The Balaban J connectivity index is 0.00000400. The van der Waals surface area contributed by atoms with Gasteiger partial charge in [0.05, 0.1) is 13.7 Å². The van der Waals surface area contributed by atoms with Crippen LogP contribution in [0.5, 0.6) is 11.5 Å². The molecule has 21 heavy (non-hydrogen) atoms. The molecule has 0 fully saturated rings. The SMILES string of the molecule is CCC(C)NC(N)=NCC(C)Oc1ccccc1OC.I. The Kier molecular flexibility index (Phi) is 9.94. The second-order valence-corrected chi connectivity index (χ2v) is 4.76. The Morgan fingerprint density at radius 2 is 1.90 bits per heavy atom. The van der Waals surface area contributed by atoms with Crippen molar-refractivity contribution in [1.29, 1.82) is 0 Å². The standard InChI is InChI=1S/C15H25N3O2.HI/c1-5-11(2)18-15(16)17-10-12(3)20-14-9-7-6-8-13(14)19-4;/h6-9,11-12H,5,10H2,1-4H3,(H3,16,17,18);1H. The molecule has 1 aromatic rings. The van der Waals surface area contributed by atoms with Crippen LogP contribution in [-0.2, 0) is 0 Å². The summed E-state index contributed by atoms with van der Waals surface area (Å²) in [5.41, 5.74) is 5.81. The van der Waals surface area contributed by atoms with Gasteiger partial charge in [-0.2, -0.15) is 0 Å². The fraction of sp³-hybridized carbons (Fsp3) is 0.533. The summed E-state index contributed by atoms with van der Waals surface area (Å²) in [5, 5.41) is 3.12. The molecule has 0 aliphatic heterocycles. The monoisotopic (exact) mass is 407 g/mol. The van der Waals surface area contributed by atoms with Crippen molar-refractivity contribution in [1.82, 2.24) is 5.32 Å². The zero-order valence-electron chi connectivity index (χ0n) is 13.1. The topological polar surface area (TPSA) is 68.9 Å². The van der Waals surface area contributed by atoms with Crippen molar-refractivity contribution in [2.24, 2.45) is 10.7 Å². The van der Waals surface area contributed by atoms with Crippen molar-refractivity contribution >= 4 is 29.9 Å². The van der Waals surface area contributed by atoms with Crippen LogP contribution in [0.15, 0.2) is 29.3 Å². The Morgan fingerprint density at radius 1 is 1.29 bits per heavy atom. The second-order valence-electron chi connectivity index (χ2n) is 4.76. The van der Waals surface area contributed by atoms with E-state index in [1.165, 1.54) is 0 Å². The first-order chi connectivity index (χ1) is 9.56. The lowest BCUT2D eigenvalue weighted by Gasteiger charge is -2.16. The second kappa shape index (κ2) is 10.5. The van der Waals surface area contributed by atoms with Gasteiger partial charge < -0.3 is 20.5 Å². The van der Waals surface area contributed by atoms with Crippen molar-refractivity contribution in [3.63, 3.8) is 0 Å². The summed E-state index contributed by atoms with van der Waals surface area (Å²) in [6.07, 6.45) is 0.923. The van der Waals surface area contributed by atoms with E-state index in [1.54, 1.807) is 7.11 Å². The van der Waals surface area contributed by atoms with E-state index in [2.05, 4.69) is 24.2 Å². The molecule has 0 saturated carbocycles. The summed E-state index contributed by atoms with van der Waals surface area (Å²) in [7, 11) is 1.62. The molecule has 1 rings (SSSR count). The summed E-state index contributed by atoms with van der Waals surface area (Å²) in [6, 6.07) is 7.88. The summed E-state index contributed by atoms with van der Waals surface area (Å²) in [5.74, 6) is 1.88. The number of nitrogens with zero attached hydrogens (tertiary/aromatic N) is 1. The number of nitrogens with two attached hydrogens (primary N) is 1. The van der Waals surface area contributed by atoms with Crippen LogP contribution >= 0.6 is 24.0 Å². The highest BCUT2D eigenvalue weighted by molar-refractivity contribution is 14.0. The van der Waals surface area contributed by atoms with Gasteiger partial charge in [-0.3, -0.25) is 0 Å². The van der Waals surface area contributed by atoms with E-state index < -0.39 is 0 Å². The molecule has 0 spiro atoms. The predicted molar refractivity (Wildman–Crippen MR) is 97.9 cm³/mol. The molecule has 0 aromatic heterocycles. The summed E-state index contributed by atoms with van der Waals surface area (Å²) >= 11 is 0. The largest absolute Gasteiger partial charge is 0.493 e. The Morgan fingerprint density at radius 3 is 2.48 bits per heavy atom. The normalized spacial score (nSPS) is 13.8. The molecule has 120 valence electrons. The third-order valence-corrected chi connectivity index (χ3v) is 2.92. The van der Waals surface area contributed by atoms with Crippen LogP contribution in [0.3, 0.4) is 0 Å². The molecular formula is C15H26IN3O2. The van der Waals surface area contributed by atoms with Gasteiger partial charge in [-0.05, 0) is 32.4 Å². The van der Waals surface area contributed by atoms with Crippen LogP contribution in [0.25, 0.3) is 0 Å². The van der Waals surface area contributed by atoms with Crippen molar-refractivity contribution in [2.45, 2.75) is 39.3 Å². The van der Waals surface area contributed by atoms with Gasteiger partial charge in [0.25, 0.3) is 0 Å². The molecule has 0 heterocycles. The van der Waals surface area contributed by atoms with E-state index in [0.29, 0.717) is 30.0 Å². The fourth-order valence-corrected chi connectivity index (χ4v) is 1.60. The van der Waals surface area contributed by atoms with Gasteiger partial charge in [-0.1, -0.05) is 19.1 Å². The van der Waals surface area contributed by atoms with Crippen molar-refractivity contribution in [3.05, 3.63) is 24.3 Å². The number of hydrogen-bond acceptors (Lipinski definition) is 3. The molecule has 0 saturated heterocycles. The van der Waals surface area contributed by atoms with E-state index in [9.17, 15) is 0 Å². The van der Waals surface area contributed by atoms with Crippen LogP contribution in [0, 0.1) is 0 Å². The number of methoxy groups -OCH3 is 1. The molecule has 0 aliphatic carbocycles. The van der Waals surface area contributed by atoms with Gasteiger partial charge in [0.2, 0.25) is 0 Å². The maximum Gasteiger partial charge on any atom is 0.188 e. The molecule has 1 aromatic carbocycles. The summed E-state index contributed by atoms with van der Waals surface area (Å²) in [4.78, 5) is 4.28. The number of rotatable bonds is 7. The van der Waals surface area contributed by atoms with Gasteiger partial charge in [-0.25, -0.2) is 4.99 Å². The van der Waals surface area contributed by atoms with E-state index in [1.807, 2.05) is 31.2 Å². The molecule has 2 unspecified atom stereocenters. The third-order valence-electron chi connectivity index (χ3n) is 2.92. The molecule has 6 heteroatoms. The Hall–Kier alpha value is -1.18. The average Bonchev–Trinajstić information content (AvgIpc) is 2.45. The number of hydrogen-bond donors (Lipinski definition) is 2. The Labute approximate surface area is 144 Å². The smallest absolute Gasteiger partial charge is 0.188 e. The quantitative estimate of drug-likeness (QED) is 0.415. The van der Waals surface area contributed by atoms with Gasteiger partial charge in [-0.15, -0.1) is 24.0 Å². The van der Waals surface area contributed by atoms with Crippen LogP contribution < -0.4 is 20.5 Å². The first-order valence-corrected chi connectivity index (χ1v) is 6.93. The molecule has 3 N–H and O–H groups in total. The van der Waals surface area contributed by atoms with E-state index in [0.717, 1.165) is 6.42 Å². The van der Waals surface area contributed by atoms with E-state index in [4.69, 9.17) is 15.2 Å². The van der Waals surface area contributed by atoms with Crippen LogP contribution in [0.4, 0.5) is 0 Å². The molecule has 5 nitrogen and oxygen atoms in total. The van der Waals surface area contributed by atoms with Gasteiger partial charge in [0, 0.05) is 6.04 Å². The summed E-state index contributed by atoms with van der Waals surface area (Å²) < 4.78 is 11.0. The number of aliphatic imine (C=N–C) groups is 1. The average molecular weight is 407 g/mol. The molecule has 0 bridgehead atoms. The number of halogens is 1. The van der Waals surface area contributed by atoms with Gasteiger partial charge >= 0.3 is 0 Å². The maximum atomic E-state index is 5.81.